The SMILES string of the molecule is FC(F)(F)c1cc2cc(C3CCCN3)ccc2s1. The first-order valence-electron chi connectivity index (χ1n) is 5.88. The highest BCUT2D eigenvalue weighted by atomic mass is 32.1. The van der Waals surface area contributed by atoms with Crippen molar-refractivity contribution in [3.8, 4) is 0 Å². The van der Waals surface area contributed by atoms with E-state index in [-0.39, 0.29) is 0 Å². The Hall–Kier alpha value is -1.07. The molecule has 1 nitrogen and oxygen atoms in total. The minimum absolute atomic E-state index is 0.295. The third-order valence-electron chi connectivity index (χ3n) is 3.28. The predicted octanol–water partition coefficient (Wildman–Crippen LogP) is 4.34. The van der Waals surface area contributed by atoms with E-state index in [2.05, 4.69) is 5.32 Å². The fourth-order valence-electron chi connectivity index (χ4n) is 2.39. The van der Waals surface area contributed by atoms with Crippen molar-refractivity contribution in [2.45, 2.75) is 25.1 Å². The largest absolute Gasteiger partial charge is 0.425 e. The molecule has 96 valence electrons. The number of fused-ring (bicyclic) bond motifs is 1. The summed E-state index contributed by atoms with van der Waals surface area (Å²) in [5, 5.41) is 4.05. The van der Waals surface area contributed by atoms with Crippen LogP contribution in [0.5, 0.6) is 0 Å². The van der Waals surface area contributed by atoms with Crippen LogP contribution in [-0.2, 0) is 6.18 Å². The van der Waals surface area contributed by atoms with Crippen molar-refractivity contribution in [1.82, 2.24) is 5.32 Å². The summed E-state index contributed by atoms with van der Waals surface area (Å²) in [4.78, 5) is -0.519. The van der Waals surface area contributed by atoms with Crippen LogP contribution in [0.3, 0.4) is 0 Å². The molecule has 1 aliphatic rings. The highest BCUT2D eigenvalue weighted by molar-refractivity contribution is 7.19. The molecule has 0 aliphatic carbocycles. The normalized spacial score (nSPS) is 20.7. The Morgan fingerprint density at radius 3 is 2.72 bits per heavy atom. The Morgan fingerprint density at radius 1 is 1.22 bits per heavy atom. The summed E-state index contributed by atoms with van der Waals surface area (Å²) >= 11 is 0.810. The maximum Gasteiger partial charge on any atom is 0.425 e. The molecule has 0 bridgehead atoms. The monoisotopic (exact) mass is 271 g/mol. The van der Waals surface area contributed by atoms with Gasteiger partial charge in [-0.1, -0.05) is 6.07 Å². The molecule has 2 heterocycles. The molecule has 0 spiro atoms. The molecule has 0 saturated carbocycles. The Kier molecular flexibility index (Phi) is 2.83. The highest BCUT2D eigenvalue weighted by Crippen LogP contribution is 2.39. The number of hydrogen-bond donors (Lipinski definition) is 1. The van der Waals surface area contributed by atoms with Crippen LogP contribution < -0.4 is 5.32 Å². The van der Waals surface area contributed by atoms with Gasteiger partial charge >= 0.3 is 6.18 Å². The predicted molar refractivity (Wildman–Crippen MR) is 66.8 cm³/mol. The van der Waals surface area contributed by atoms with Crippen molar-refractivity contribution in [1.29, 1.82) is 0 Å². The van der Waals surface area contributed by atoms with Crippen LogP contribution in [0.4, 0.5) is 13.2 Å². The van der Waals surface area contributed by atoms with Crippen molar-refractivity contribution in [3.05, 3.63) is 34.7 Å². The van der Waals surface area contributed by atoms with Gasteiger partial charge in [0.25, 0.3) is 0 Å². The molecule has 0 radical (unpaired) electrons. The van der Waals surface area contributed by atoms with E-state index < -0.39 is 11.1 Å². The number of nitrogens with one attached hydrogen (secondary N) is 1. The van der Waals surface area contributed by atoms with Crippen molar-refractivity contribution >= 4 is 21.4 Å². The van der Waals surface area contributed by atoms with E-state index >= 15 is 0 Å². The van der Waals surface area contributed by atoms with Gasteiger partial charge in [0.15, 0.2) is 0 Å². The third kappa shape index (κ3) is 2.12. The number of thiophene rings is 1. The molecular weight excluding hydrogens is 259 g/mol. The average Bonchev–Trinajstić information content (AvgIpc) is 2.96. The molecule has 0 amide bonds. The van der Waals surface area contributed by atoms with Crippen LogP contribution in [0.2, 0.25) is 0 Å². The van der Waals surface area contributed by atoms with Crippen molar-refractivity contribution < 1.29 is 13.2 Å². The molecule has 1 atom stereocenters. The van der Waals surface area contributed by atoms with Crippen LogP contribution in [0.25, 0.3) is 10.1 Å². The van der Waals surface area contributed by atoms with Gasteiger partial charge in [-0.3, -0.25) is 0 Å². The lowest BCUT2D eigenvalue weighted by molar-refractivity contribution is -0.134. The molecule has 1 saturated heterocycles. The van der Waals surface area contributed by atoms with Crippen LogP contribution in [0.1, 0.15) is 29.3 Å². The van der Waals surface area contributed by atoms with Gasteiger partial charge in [0.2, 0.25) is 0 Å². The Labute approximate surface area is 107 Å². The molecular formula is C13H12F3NS. The lowest BCUT2D eigenvalue weighted by Crippen LogP contribution is -2.12. The lowest BCUT2D eigenvalue weighted by Gasteiger charge is -2.10. The maximum absolute atomic E-state index is 12.6. The standard InChI is InChI=1S/C13H12F3NS/c14-13(15,16)12-7-9-6-8(3-4-11(9)18-12)10-2-1-5-17-10/h3-4,6-7,10,17H,1-2,5H2. The van der Waals surface area contributed by atoms with E-state index in [0.717, 1.165) is 36.3 Å². The summed E-state index contributed by atoms with van der Waals surface area (Å²) in [5.74, 6) is 0. The second-order valence-corrected chi connectivity index (χ2v) is 5.64. The average molecular weight is 271 g/mol. The first-order valence-corrected chi connectivity index (χ1v) is 6.70. The Morgan fingerprint density at radius 2 is 2.06 bits per heavy atom. The van der Waals surface area contributed by atoms with Gasteiger partial charge in [-0.05, 0) is 48.5 Å². The van der Waals surface area contributed by atoms with E-state index in [1.807, 2.05) is 12.1 Å². The topological polar surface area (TPSA) is 12.0 Å². The zero-order valence-corrected chi connectivity index (χ0v) is 10.4. The Balaban J connectivity index is 2.01. The van der Waals surface area contributed by atoms with E-state index in [0.29, 0.717) is 16.1 Å². The first-order chi connectivity index (χ1) is 8.54. The summed E-state index contributed by atoms with van der Waals surface area (Å²) in [6.45, 7) is 0.986. The van der Waals surface area contributed by atoms with Crippen LogP contribution in [-0.4, -0.2) is 6.54 Å². The molecule has 1 N–H and O–H groups in total. The lowest BCUT2D eigenvalue weighted by atomic mass is 10.0. The van der Waals surface area contributed by atoms with Crippen molar-refractivity contribution in [2.24, 2.45) is 0 Å². The molecule has 5 heteroatoms. The molecule has 1 aliphatic heterocycles. The molecule has 1 aromatic heterocycles. The van der Waals surface area contributed by atoms with Crippen LogP contribution >= 0.6 is 11.3 Å². The number of halogens is 3. The van der Waals surface area contributed by atoms with Crippen LogP contribution in [0, 0.1) is 0 Å². The molecule has 1 unspecified atom stereocenters. The molecule has 18 heavy (non-hydrogen) atoms. The zero-order valence-electron chi connectivity index (χ0n) is 9.55. The molecule has 2 aromatic rings. The van der Waals surface area contributed by atoms with E-state index in [4.69, 9.17) is 0 Å². The maximum atomic E-state index is 12.6. The first kappa shape index (κ1) is 12.0. The number of benzene rings is 1. The van der Waals surface area contributed by atoms with Gasteiger partial charge in [-0.25, -0.2) is 0 Å². The molecule has 3 rings (SSSR count). The molecule has 1 fully saturated rings. The van der Waals surface area contributed by atoms with Gasteiger partial charge in [-0.15, -0.1) is 11.3 Å². The quantitative estimate of drug-likeness (QED) is 0.813. The summed E-state index contributed by atoms with van der Waals surface area (Å²) in [5.41, 5.74) is 1.09. The number of hydrogen-bond acceptors (Lipinski definition) is 2. The fraction of sp³-hybridized carbons (Fsp3) is 0.385. The smallest absolute Gasteiger partial charge is 0.310 e. The summed E-state index contributed by atoms with van der Waals surface area (Å²) in [6, 6.07) is 7.15. The van der Waals surface area contributed by atoms with Crippen LogP contribution in [0.15, 0.2) is 24.3 Å². The summed E-state index contributed by atoms with van der Waals surface area (Å²) < 4.78 is 38.6. The van der Waals surface area contributed by atoms with E-state index in [1.165, 1.54) is 6.07 Å². The van der Waals surface area contributed by atoms with Crippen molar-refractivity contribution in [2.75, 3.05) is 6.54 Å². The summed E-state index contributed by atoms with van der Waals surface area (Å²) in [7, 11) is 0. The number of rotatable bonds is 1. The van der Waals surface area contributed by atoms with Gasteiger partial charge in [0.05, 0.1) is 0 Å². The second kappa shape index (κ2) is 4.24. The fourth-order valence-corrected chi connectivity index (χ4v) is 3.30. The van der Waals surface area contributed by atoms with E-state index in [9.17, 15) is 13.2 Å². The minimum Gasteiger partial charge on any atom is -0.310 e. The van der Waals surface area contributed by atoms with E-state index in [1.54, 1.807) is 6.07 Å². The van der Waals surface area contributed by atoms with Gasteiger partial charge in [0, 0.05) is 10.7 Å². The second-order valence-electron chi connectivity index (χ2n) is 4.55. The zero-order chi connectivity index (χ0) is 12.8. The molecule has 1 aromatic carbocycles. The third-order valence-corrected chi connectivity index (χ3v) is 4.44. The summed E-state index contributed by atoms with van der Waals surface area (Å²) in [6.07, 6.45) is -2.06. The van der Waals surface area contributed by atoms with Crippen molar-refractivity contribution in [3.63, 3.8) is 0 Å². The highest BCUT2D eigenvalue weighted by Gasteiger charge is 2.32. The van der Waals surface area contributed by atoms with Gasteiger partial charge in [0.1, 0.15) is 4.88 Å². The van der Waals surface area contributed by atoms with Gasteiger partial charge < -0.3 is 5.32 Å². The van der Waals surface area contributed by atoms with Gasteiger partial charge in [-0.2, -0.15) is 13.2 Å². The minimum atomic E-state index is -4.24. The Bertz CT molecular complexity index is 567. The number of alkyl halides is 3.